The smallest absolute Gasteiger partial charge is 0.475 e. The van der Waals surface area contributed by atoms with Crippen molar-refractivity contribution in [1.29, 1.82) is 0 Å². The summed E-state index contributed by atoms with van der Waals surface area (Å²) in [5.41, 5.74) is 4.09. The van der Waals surface area contributed by atoms with Crippen molar-refractivity contribution in [3.8, 4) is 0 Å². The van der Waals surface area contributed by atoms with Gasteiger partial charge >= 0.3 is 12.1 Å². The normalized spacial score (nSPS) is 16.3. The van der Waals surface area contributed by atoms with Crippen LogP contribution in [0.15, 0.2) is 54.7 Å². The summed E-state index contributed by atoms with van der Waals surface area (Å²) in [5, 5.41) is 12.2. The molecule has 1 aliphatic carbocycles. The molecule has 2 heterocycles. The van der Waals surface area contributed by atoms with E-state index in [0.29, 0.717) is 5.69 Å². The second-order valence-electron chi connectivity index (χ2n) is 8.78. The molecule has 5 rings (SSSR count). The van der Waals surface area contributed by atoms with E-state index in [1.54, 1.807) is 6.20 Å². The number of benzene rings is 2. The maximum atomic E-state index is 12.7. The number of carbonyl (C=O) groups is 2. The van der Waals surface area contributed by atoms with Gasteiger partial charge in [-0.3, -0.25) is 14.7 Å². The van der Waals surface area contributed by atoms with Crippen LogP contribution in [0.4, 0.5) is 18.9 Å². The van der Waals surface area contributed by atoms with Gasteiger partial charge in [0.2, 0.25) is 0 Å². The summed E-state index contributed by atoms with van der Waals surface area (Å²) in [5.74, 6) is -2.91. The van der Waals surface area contributed by atoms with Gasteiger partial charge < -0.3 is 10.4 Å². The maximum absolute atomic E-state index is 12.7. The average molecular weight is 486 g/mol. The number of aromatic nitrogens is 1. The fraction of sp³-hybridized carbons (Fsp3) is 0.346. The number of amides is 1. The summed E-state index contributed by atoms with van der Waals surface area (Å²) in [6.45, 7) is 2.28. The molecule has 1 fully saturated rings. The quantitative estimate of drug-likeness (QED) is 0.541. The second-order valence-corrected chi connectivity index (χ2v) is 8.78. The zero-order valence-corrected chi connectivity index (χ0v) is 19.0. The zero-order chi connectivity index (χ0) is 25.0. The Kier molecular flexibility index (Phi) is 7.35. The summed E-state index contributed by atoms with van der Waals surface area (Å²) in [6.07, 6.45) is 2.94. The molecule has 9 heteroatoms. The van der Waals surface area contributed by atoms with Crippen molar-refractivity contribution in [2.45, 2.75) is 44.3 Å². The van der Waals surface area contributed by atoms with Gasteiger partial charge in [0.15, 0.2) is 0 Å². The van der Waals surface area contributed by atoms with Crippen molar-refractivity contribution in [2.24, 2.45) is 0 Å². The molecular weight excluding hydrogens is 459 g/mol. The van der Waals surface area contributed by atoms with E-state index in [1.807, 2.05) is 36.4 Å². The van der Waals surface area contributed by atoms with Gasteiger partial charge in [-0.25, -0.2) is 4.79 Å². The minimum Gasteiger partial charge on any atom is -0.475 e. The Morgan fingerprint density at radius 2 is 1.63 bits per heavy atom. The SMILES string of the molecule is O=C(Nc1ccc2c(c1)CCN(C1CCC1)CC2)c1cc2ccccc2cn1.O=C(O)C(F)(F)F. The van der Waals surface area contributed by atoms with Crippen LogP contribution in [-0.2, 0) is 17.6 Å². The number of carbonyl (C=O) groups excluding carboxylic acids is 1. The number of anilines is 1. The molecule has 1 saturated carbocycles. The Balaban J connectivity index is 0.000000364. The van der Waals surface area contributed by atoms with Crippen molar-refractivity contribution in [2.75, 3.05) is 18.4 Å². The maximum Gasteiger partial charge on any atom is 0.490 e. The standard InChI is InChI=1S/C24H25N3O.C2HF3O2/c28-24(23-15-18-4-1-2-5-20(18)16-25-23)26-21-9-8-17-10-12-27(22-6-3-7-22)13-11-19(17)14-21;3-2(4,5)1(6)7/h1-2,4-5,8-9,14-16,22H,3,6-7,10-13H2,(H,26,28);(H,6,7). The predicted octanol–water partition coefficient (Wildman–Crippen LogP) is 5.07. The number of nitrogens with zero attached hydrogens (tertiary/aromatic N) is 2. The number of aliphatic carboxylic acids is 1. The van der Waals surface area contributed by atoms with E-state index in [1.165, 1.54) is 30.4 Å². The van der Waals surface area contributed by atoms with E-state index in [2.05, 4.69) is 27.3 Å². The van der Waals surface area contributed by atoms with Gasteiger partial charge in [-0.15, -0.1) is 0 Å². The Bertz CT molecular complexity index is 1230. The molecule has 2 aliphatic rings. The van der Waals surface area contributed by atoms with Crippen LogP contribution >= 0.6 is 0 Å². The summed E-state index contributed by atoms with van der Waals surface area (Å²) < 4.78 is 31.7. The van der Waals surface area contributed by atoms with E-state index >= 15 is 0 Å². The number of carboxylic acids is 1. The molecule has 6 nitrogen and oxygen atoms in total. The van der Waals surface area contributed by atoms with E-state index in [0.717, 1.165) is 48.4 Å². The number of carboxylic acid groups (broad SMARTS) is 1. The molecule has 35 heavy (non-hydrogen) atoms. The minimum atomic E-state index is -5.08. The molecule has 184 valence electrons. The third-order valence-corrected chi connectivity index (χ3v) is 6.50. The van der Waals surface area contributed by atoms with Crippen LogP contribution in [0.2, 0.25) is 0 Å². The van der Waals surface area contributed by atoms with Crippen LogP contribution < -0.4 is 5.32 Å². The number of pyridine rings is 1. The molecule has 0 saturated heterocycles. The first kappa shape index (κ1) is 24.7. The molecule has 0 unspecified atom stereocenters. The fourth-order valence-corrected chi connectivity index (χ4v) is 4.34. The number of halogens is 3. The molecule has 0 spiro atoms. The van der Waals surface area contributed by atoms with Crippen molar-refractivity contribution < 1.29 is 27.9 Å². The van der Waals surface area contributed by atoms with Gasteiger partial charge in [0.05, 0.1) is 0 Å². The Morgan fingerprint density at radius 1 is 0.971 bits per heavy atom. The largest absolute Gasteiger partial charge is 0.490 e. The van der Waals surface area contributed by atoms with Crippen molar-refractivity contribution in [3.63, 3.8) is 0 Å². The monoisotopic (exact) mass is 485 g/mol. The van der Waals surface area contributed by atoms with Gasteiger partial charge in [0.1, 0.15) is 5.69 Å². The van der Waals surface area contributed by atoms with E-state index in [-0.39, 0.29) is 5.91 Å². The van der Waals surface area contributed by atoms with Crippen molar-refractivity contribution in [3.05, 3.63) is 71.5 Å². The van der Waals surface area contributed by atoms with Gasteiger partial charge in [-0.05, 0) is 60.4 Å². The highest BCUT2D eigenvalue weighted by Crippen LogP contribution is 2.28. The number of hydrogen-bond acceptors (Lipinski definition) is 4. The fourth-order valence-electron chi connectivity index (χ4n) is 4.34. The third-order valence-electron chi connectivity index (χ3n) is 6.50. The van der Waals surface area contributed by atoms with Gasteiger partial charge in [0.25, 0.3) is 5.91 Å². The Morgan fingerprint density at radius 3 is 2.26 bits per heavy atom. The Hall–Kier alpha value is -3.46. The lowest BCUT2D eigenvalue weighted by atomic mass is 9.91. The second kappa shape index (κ2) is 10.4. The average Bonchev–Trinajstić information content (AvgIpc) is 3.00. The van der Waals surface area contributed by atoms with Crippen molar-refractivity contribution in [1.82, 2.24) is 9.88 Å². The molecule has 2 N–H and O–H groups in total. The predicted molar refractivity (Wildman–Crippen MR) is 126 cm³/mol. The molecule has 1 amide bonds. The highest BCUT2D eigenvalue weighted by atomic mass is 19.4. The molecule has 1 aliphatic heterocycles. The van der Waals surface area contributed by atoms with Crippen LogP contribution in [0, 0.1) is 0 Å². The van der Waals surface area contributed by atoms with Gasteiger partial charge in [-0.1, -0.05) is 36.8 Å². The summed E-state index contributed by atoms with van der Waals surface area (Å²) in [4.78, 5) is 28.6. The number of fused-ring (bicyclic) bond motifs is 2. The highest BCUT2D eigenvalue weighted by molar-refractivity contribution is 6.04. The number of rotatable bonds is 3. The summed E-state index contributed by atoms with van der Waals surface area (Å²) >= 11 is 0. The number of nitrogens with one attached hydrogen (secondary N) is 1. The molecule has 0 bridgehead atoms. The highest BCUT2D eigenvalue weighted by Gasteiger charge is 2.38. The van der Waals surface area contributed by atoms with Crippen LogP contribution in [0.1, 0.15) is 40.9 Å². The van der Waals surface area contributed by atoms with Gasteiger partial charge in [0, 0.05) is 36.4 Å². The molecule has 1 aromatic heterocycles. The molecule has 0 atom stereocenters. The number of hydrogen-bond donors (Lipinski definition) is 2. The van der Waals surface area contributed by atoms with Crippen molar-refractivity contribution >= 4 is 28.3 Å². The summed E-state index contributed by atoms with van der Waals surface area (Å²) in [7, 11) is 0. The van der Waals surface area contributed by atoms with E-state index < -0.39 is 12.1 Å². The lowest BCUT2D eigenvalue weighted by Gasteiger charge is -2.36. The first-order valence-corrected chi connectivity index (χ1v) is 11.5. The first-order valence-electron chi connectivity index (χ1n) is 11.5. The zero-order valence-electron chi connectivity index (χ0n) is 19.0. The molecule has 0 radical (unpaired) electrons. The topological polar surface area (TPSA) is 82.5 Å². The molecule has 3 aromatic rings. The van der Waals surface area contributed by atoms with E-state index in [4.69, 9.17) is 9.90 Å². The van der Waals surface area contributed by atoms with Crippen LogP contribution in [-0.4, -0.2) is 52.2 Å². The third kappa shape index (κ3) is 6.16. The van der Waals surface area contributed by atoms with Crippen LogP contribution in [0.25, 0.3) is 10.8 Å². The van der Waals surface area contributed by atoms with Gasteiger partial charge in [-0.2, -0.15) is 13.2 Å². The van der Waals surface area contributed by atoms with Crippen LogP contribution in [0.3, 0.4) is 0 Å². The molecule has 2 aromatic carbocycles. The van der Waals surface area contributed by atoms with Crippen LogP contribution in [0.5, 0.6) is 0 Å². The Labute approximate surface area is 200 Å². The molecular formula is C26H26F3N3O3. The minimum absolute atomic E-state index is 0.157. The summed E-state index contributed by atoms with van der Waals surface area (Å²) in [6, 6.07) is 17.0. The van der Waals surface area contributed by atoms with E-state index in [9.17, 15) is 18.0 Å². The lowest BCUT2D eigenvalue weighted by molar-refractivity contribution is -0.192. The number of alkyl halides is 3. The first-order chi connectivity index (χ1) is 16.7. The lowest BCUT2D eigenvalue weighted by Crippen LogP contribution is -2.41.